The fourth-order valence-electron chi connectivity index (χ4n) is 3.40. The van der Waals surface area contributed by atoms with E-state index in [1.807, 2.05) is 4.90 Å². The van der Waals surface area contributed by atoms with Crippen molar-refractivity contribution in [3.8, 4) is 0 Å². The van der Waals surface area contributed by atoms with Gasteiger partial charge in [-0.25, -0.2) is 0 Å². The van der Waals surface area contributed by atoms with Crippen molar-refractivity contribution in [3.63, 3.8) is 0 Å². The number of benzene rings is 2. The summed E-state index contributed by atoms with van der Waals surface area (Å²) in [5.74, 6) is 0.00254. The summed E-state index contributed by atoms with van der Waals surface area (Å²) < 4.78 is 0.891. The largest absolute Gasteiger partial charge is 0.368 e. The van der Waals surface area contributed by atoms with E-state index < -0.39 is 4.92 Å². The summed E-state index contributed by atoms with van der Waals surface area (Å²) in [6, 6.07) is 14.9. The van der Waals surface area contributed by atoms with Crippen LogP contribution in [-0.4, -0.2) is 41.9 Å². The van der Waals surface area contributed by atoms with Gasteiger partial charge in [-0.2, -0.15) is 0 Å². The minimum absolute atomic E-state index is 0.00254. The Hall–Kier alpha value is -2.93. The highest BCUT2D eigenvalue weighted by atomic mass is 32.1. The number of hydrogen-bond donors (Lipinski definition) is 0. The van der Waals surface area contributed by atoms with Crippen LogP contribution in [0.4, 0.5) is 11.4 Å². The summed E-state index contributed by atoms with van der Waals surface area (Å²) in [6.07, 6.45) is 0. The van der Waals surface area contributed by atoms with Crippen LogP contribution in [0.15, 0.2) is 48.5 Å². The Bertz CT molecular complexity index is 1020. The number of piperazine rings is 1. The summed E-state index contributed by atoms with van der Waals surface area (Å²) >= 11 is 1.39. The van der Waals surface area contributed by atoms with Crippen molar-refractivity contribution in [1.29, 1.82) is 0 Å². The van der Waals surface area contributed by atoms with Crippen LogP contribution in [0.2, 0.25) is 0 Å². The quantitative estimate of drug-likeness (QED) is 0.506. The van der Waals surface area contributed by atoms with Gasteiger partial charge in [0.1, 0.15) is 0 Å². The lowest BCUT2D eigenvalue weighted by Gasteiger charge is -2.36. The van der Waals surface area contributed by atoms with Crippen molar-refractivity contribution in [2.24, 2.45) is 0 Å². The maximum Gasteiger partial charge on any atom is 0.270 e. The van der Waals surface area contributed by atoms with Crippen LogP contribution in [-0.2, 0) is 0 Å². The summed E-state index contributed by atoms with van der Waals surface area (Å²) in [5.41, 5.74) is 2.47. The van der Waals surface area contributed by atoms with E-state index in [4.69, 9.17) is 0 Å². The molecule has 1 aromatic heterocycles. The fraction of sp³-hybridized carbons (Fsp3) is 0.250. The van der Waals surface area contributed by atoms with Crippen LogP contribution >= 0.6 is 11.3 Å². The molecule has 1 amide bonds. The molecule has 0 atom stereocenters. The number of nitrogens with zero attached hydrogens (tertiary/aromatic N) is 3. The van der Waals surface area contributed by atoms with Crippen LogP contribution < -0.4 is 4.90 Å². The molecule has 1 aliphatic heterocycles. The molecule has 0 bridgehead atoms. The zero-order chi connectivity index (χ0) is 19.0. The fourth-order valence-corrected chi connectivity index (χ4v) is 4.41. The van der Waals surface area contributed by atoms with Gasteiger partial charge in [-0.05, 0) is 36.8 Å². The van der Waals surface area contributed by atoms with Crippen molar-refractivity contribution in [3.05, 3.63) is 69.1 Å². The number of fused-ring (bicyclic) bond motifs is 1. The Morgan fingerprint density at radius 1 is 1.07 bits per heavy atom. The molecule has 0 radical (unpaired) electrons. The van der Waals surface area contributed by atoms with Gasteiger partial charge in [-0.1, -0.05) is 12.1 Å². The molecule has 1 aliphatic rings. The molecule has 6 nitrogen and oxygen atoms in total. The molecule has 0 saturated carbocycles. The Morgan fingerprint density at radius 2 is 1.85 bits per heavy atom. The van der Waals surface area contributed by atoms with Gasteiger partial charge in [-0.15, -0.1) is 11.3 Å². The molecule has 0 spiro atoms. The van der Waals surface area contributed by atoms with E-state index in [0.717, 1.165) is 23.2 Å². The molecule has 138 valence electrons. The van der Waals surface area contributed by atoms with E-state index in [2.05, 4.69) is 36.1 Å². The average Bonchev–Trinajstić information content (AvgIpc) is 3.11. The average molecular weight is 381 g/mol. The number of aryl methyl sites for hydroxylation is 1. The Morgan fingerprint density at radius 3 is 2.56 bits per heavy atom. The number of carbonyl (C=O) groups is 1. The summed E-state index contributed by atoms with van der Waals surface area (Å²) in [6.45, 7) is 5.01. The maximum atomic E-state index is 12.9. The number of amides is 1. The van der Waals surface area contributed by atoms with Crippen molar-refractivity contribution in [2.75, 3.05) is 31.1 Å². The van der Waals surface area contributed by atoms with E-state index in [-0.39, 0.29) is 11.6 Å². The number of rotatable bonds is 3. The molecule has 27 heavy (non-hydrogen) atoms. The highest BCUT2D eigenvalue weighted by Gasteiger charge is 2.24. The molecular formula is C20H19N3O3S. The number of thiophene rings is 1. The Balaban J connectivity index is 1.47. The van der Waals surface area contributed by atoms with Crippen LogP contribution in [0.25, 0.3) is 10.1 Å². The van der Waals surface area contributed by atoms with Gasteiger partial charge in [0.25, 0.3) is 11.6 Å². The zero-order valence-corrected chi connectivity index (χ0v) is 15.7. The van der Waals surface area contributed by atoms with Gasteiger partial charge in [-0.3, -0.25) is 14.9 Å². The van der Waals surface area contributed by atoms with Crippen molar-refractivity contribution in [1.82, 2.24) is 4.90 Å². The van der Waals surface area contributed by atoms with Crippen LogP contribution in [0.5, 0.6) is 0 Å². The minimum atomic E-state index is -0.414. The highest BCUT2D eigenvalue weighted by Crippen LogP contribution is 2.30. The number of carbonyl (C=O) groups excluding carboxylic acids is 1. The first-order valence-corrected chi connectivity index (χ1v) is 9.62. The number of nitro benzene ring substituents is 1. The predicted molar refractivity (Wildman–Crippen MR) is 108 cm³/mol. The predicted octanol–water partition coefficient (Wildman–Crippen LogP) is 4.08. The lowest BCUT2D eigenvalue weighted by atomic mass is 10.2. The second kappa shape index (κ2) is 7.00. The standard InChI is InChI=1S/C20H19N3O3S/c1-14-3-2-4-16(11-14)21-7-9-22(10-8-21)20(24)19-13-15-12-17(23(25)26)5-6-18(15)27-19/h2-6,11-13H,7-10H2,1H3. The molecule has 0 aliphatic carbocycles. The molecule has 1 fully saturated rings. The number of non-ortho nitro benzene ring substituents is 1. The van der Waals surface area contributed by atoms with Crippen molar-refractivity contribution >= 4 is 38.7 Å². The first-order valence-electron chi connectivity index (χ1n) is 8.80. The SMILES string of the molecule is Cc1cccc(N2CCN(C(=O)c3cc4cc([N+](=O)[O-])ccc4s3)CC2)c1. The monoisotopic (exact) mass is 381 g/mol. The van der Waals surface area contributed by atoms with Gasteiger partial charge in [0.2, 0.25) is 0 Å². The molecule has 3 aromatic rings. The molecule has 2 heterocycles. The smallest absolute Gasteiger partial charge is 0.270 e. The molecule has 1 saturated heterocycles. The summed E-state index contributed by atoms with van der Waals surface area (Å²) in [7, 11) is 0. The second-order valence-electron chi connectivity index (χ2n) is 6.71. The van der Waals surface area contributed by atoms with Gasteiger partial charge >= 0.3 is 0 Å². The lowest BCUT2D eigenvalue weighted by Crippen LogP contribution is -2.48. The third kappa shape index (κ3) is 3.50. The third-order valence-electron chi connectivity index (χ3n) is 4.86. The molecule has 4 rings (SSSR count). The van der Waals surface area contributed by atoms with Gasteiger partial charge < -0.3 is 9.80 Å². The highest BCUT2D eigenvalue weighted by molar-refractivity contribution is 7.20. The molecular weight excluding hydrogens is 362 g/mol. The molecule has 2 aromatic carbocycles. The van der Waals surface area contributed by atoms with E-state index in [1.165, 1.54) is 34.7 Å². The molecule has 0 unspecified atom stereocenters. The minimum Gasteiger partial charge on any atom is -0.368 e. The van der Waals surface area contributed by atoms with E-state index >= 15 is 0 Å². The Labute approximate surface area is 160 Å². The third-order valence-corrected chi connectivity index (χ3v) is 5.96. The van der Waals surface area contributed by atoms with E-state index in [1.54, 1.807) is 12.1 Å². The van der Waals surface area contributed by atoms with E-state index in [9.17, 15) is 14.9 Å². The number of hydrogen-bond acceptors (Lipinski definition) is 5. The number of nitro groups is 1. The second-order valence-corrected chi connectivity index (χ2v) is 7.79. The van der Waals surface area contributed by atoms with Gasteiger partial charge in [0, 0.05) is 54.1 Å². The Kier molecular flexibility index (Phi) is 4.53. The van der Waals surface area contributed by atoms with E-state index in [0.29, 0.717) is 18.0 Å². The zero-order valence-electron chi connectivity index (χ0n) is 14.9. The van der Waals surface area contributed by atoms with Crippen LogP contribution in [0, 0.1) is 17.0 Å². The normalized spacial score (nSPS) is 14.6. The van der Waals surface area contributed by atoms with Crippen molar-refractivity contribution < 1.29 is 9.72 Å². The maximum absolute atomic E-state index is 12.9. The lowest BCUT2D eigenvalue weighted by molar-refractivity contribution is -0.384. The van der Waals surface area contributed by atoms with Gasteiger partial charge in [0.05, 0.1) is 9.80 Å². The van der Waals surface area contributed by atoms with Crippen LogP contribution in [0.1, 0.15) is 15.2 Å². The summed E-state index contributed by atoms with van der Waals surface area (Å²) in [4.78, 5) is 28.2. The summed E-state index contributed by atoms with van der Waals surface area (Å²) in [5, 5.41) is 11.7. The molecule has 0 N–H and O–H groups in total. The van der Waals surface area contributed by atoms with Gasteiger partial charge in [0.15, 0.2) is 0 Å². The number of anilines is 1. The van der Waals surface area contributed by atoms with Crippen LogP contribution in [0.3, 0.4) is 0 Å². The first kappa shape index (κ1) is 17.5. The van der Waals surface area contributed by atoms with Crippen molar-refractivity contribution in [2.45, 2.75) is 6.92 Å². The first-order chi connectivity index (χ1) is 13.0. The topological polar surface area (TPSA) is 66.7 Å². The molecule has 7 heteroatoms.